The fraction of sp³-hybridized carbons (Fsp3) is 0.778. The van der Waals surface area contributed by atoms with Crippen molar-refractivity contribution in [3.8, 4) is 0 Å². The second-order valence-electron chi connectivity index (χ2n) is 4.02. The molecule has 0 spiro atoms. The minimum atomic E-state index is 0.125. The zero-order valence-electron chi connectivity index (χ0n) is 7.53. The predicted octanol–water partition coefficient (Wildman–Crippen LogP) is 0.673. The van der Waals surface area contributed by atoms with Crippen LogP contribution in [0.3, 0.4) is 0 Å². The summed E-state index contributed by atoms with van der Waals surface area (Å²) in [7, 11) is 0. The molecule has 2 fully saturated rings. The van der Waals surface area contributed by atoms with Crippen molar-refractivity contribution in [3.63, 3.8) is 0 Å². The molecule has 1 amide bonds. The number of rotatable bonds is 2. The highest BCUT2D eigenvalue weighted by Crippen LogP contribution is 2.37. The number of piperidine rings is 1. The number of amides is 1. The smallest absolute Gasteiger partial charge is 0.229 e. The first-order chi connectivity index (χ1) is 6.16. The van der Waals surface area contributed by atoms with E-state index in [2.05, 4.69) is 0 Å². The zero-order valence-corrected chi connectivity index (χ0v) is 8.35. The van der Waals surface area contributed by atoms with E-state index in [4.69, 9.17) is 18.0 Å². The summed E-state index contributed by atoms with van der Waals surface area (Å²) in [6.45, 7) is 0.937. The summed E-state index contributed by atoms with van der Waals surface area (Å²) < 4.78 is 0. The maximum absolute atomic E-state index is 11.6. The van der Waals surface area contributed by atoms with Gasteiger partial charge in [-0.25, -0.2) is 0 Å². The quantitative estimate of drug-likeness (QED) is 0.663. The van der Waals surface area contributed by atoms with Crippen molar-refractivity contribution in [1.29, 1.82) is 0 Å². The third kappa shape index (κ3) is 1.68. The van der Waals surface area contributed by atoms with E-state index in [1.54, 1.807) is 0 Å². The van der Waals surface area contributed by atoms with E-state index in [-0.39, 0.29) is 12.3 Å². The number of fused-ring (bicyclic) bond motifs is 2. The van der Waals surface area contributed by atoms with Crippen molar-refractivity contribution in [2.45, 2.75) is 31.7 Å². The summed E-state index contributed by atoms with van der Waals surface area (Å²) in [5, 5.41) is 0. The second-order valence-corrected chi connectivity index (χ2v) is 4.55. The van der Waals surface area contributed by atoms with Crippen LogP contribution in [0.4, 0.5) is 0 Å². The highest BCUT2D eigenvalue weighted by molar-refractivity contribution is 7.80. The first-order valence-corrected chi connectivity index (χ1v) is 5.15. The topological polar surface area (TPSA) is 46.3 Å². The third-order valence-electron chi connectivity index (χ3n) is 3.06. The highest BCUT2D eigenvalue weighted by Gasteiger charge is 2.39. The Kier molecular flexibility index (Phi) is 2.24. The van der Waals surface area contributed by atoms with Gasteiger partial charge in [0, 0.05) is 12.6 Å². The van der Waals surface area contributed by atoms with Crippen LogP contribution in [0, 0.1) is 5.92 Å². The summed E-state index contributed by atoms with van der Waals surface area (Å²) in [5.41, 5.74) is 5.34. The average Bonchev–Trinajstić information content (AvgIpc) is 2.62. The zero-order chi connectivity index (χ0) is 9.42. The molecule has 1 heterocycles. The molecule has 2 aliphatic rings. The van der Waals surface area contributed by atoms with Gasteiger partial charge in [-0.05, 0) is 25.2 Å². The number of thiocarbonyl (C=S) groups is 1. The lowest BCUT2D eigenvalue weighted by molar-refractivity contribution is -0.131. The van der Waals surface area contributed by atoms with Crippen molar-refractivity contribution in [2.75, 3.05) is 6.54 Å². The first-order valence-electron chi connectivity index (χ1n) is 4.74. The molecule has 0 aromatic rings. The molecular formula is C9H14N2OS. The van der Waals surface area contributed by atoms with Crippen LogP contribution in [0.5, 0.6) is 0 Å². The number of hydrogen-bond acceptors (Lipinski definition) is 2. The van der Waals surface area contributed by atoms with Crippen molar-refractivity contribution in [1.82, 2.24) is 4.90 Å². The van der Waals surface area contributed by atoms with Gasteiger partial charge in [-0.15, -0.1) is 0 Å². The van der Waals surface area contributed by atoms with Gasteiger partial charge >= 0.3 is 0 Å². The van der Waals surface area contributed by atoms with Crippen LogP contribution < -0.4 is 5.73 Å². The fourth-order valence-electron chi connectivity index (χ4n) is 2.48. The van der Waals surface area contributed by atoms with Crippen LogP contribution in [0.25, 0.3) is 0 Å². The van der Waals surface area contributed by atoms with Crippen molar-refractivity contribution < 1.29 is 4.79 Å². The molecule has 3 nitrogen and oxygen atoms in total. The molecule has 1 aliphatic carbocycles. The minimum Gasteiger partial charge on any atom is -0.393 e. The minimum absolute atomic E-state index is 0.125. The van der Waals surface area contributed by atoms with Gasteiger partial charge in [-0.1, -0.05) is 12.2 Å². The molecule has 1 saturated heterocycles. The normalized spacial score (nSPS) is 30.9. The van der Waals surface area contributed by atoms with Crippen molar-refractivity contribution in [2.24, 2.45) is 11.7 Å². The van der Waals surface area contributed by atoms with Gasteiger partial charge in [-0.3, -0.25) is 4.79 Å². The lowest BCUT2D eigenvalue weighted by Gasteiger charge is -2.26. The van der Waals surface area contributed by atoms with Crippen molar-refractivity contribution >= 4 is 23.1 Å². The Hall–Kier alpha value is -0.640. The Morgan fingerprint density at radius 1 is 1.54 bits per heavy atom. The van der Waals surface area contributed by atoms with Gasteiger partial charge in [0.1, 0.15) is 0 Å². The van der Waals surface area contributed by atoms with Crippen LogP contribution >= 0.6 is 12.2 Å². The SMILES string of the molecule is NC(=S)CC(=O)N1CC2CCC1C2. The maximum Gasteiger partial charge on any atom is 0.229 e. The third-order valence-corrected chi connectivity index (χ3v) is 3.20. The van der Waals surface area contributed by atoms with E-state index in [1.165, 1.54) is 19.3 Å². The number of likely N-dealkylation sites (tertiary alicyclic amines) is 1. The first kappa shape index (κ1) is 8.94. The molecule has 1 aliphatic heterocycles. The van der Waals surface area contributed by atoms with Crippen LogP contribution in [-0.4, -0.2) is 28.4 Å². The van der Waals surface area contributed by atoms with Crippen LogP contribution in [-0.2, 0) is 4.79 Å². The van der Waals surface area contributed by atoms with Crippen LogP contribution in [0.2, 0.25) is 0 Å². The molecule has 0 aromatic carbocycles. The molecule has 0 aromatic heterocycles. The lowest BCUT2D eigenvalue weighted by Crippen LogP contribution is -2.39. The molecule has 13 heavy (non-hydrogen) atoms. The number of nitrogens with two attached hydrogens (primary N) is 1. The van der Waals surface area contributed by atoms with Gasteiger partial charge in [-0.2, -0.15) is 0 Å². The van der Waals surface area contributed by atoms with Gasteiger partial charge in [0.05, 0.1) is 11.4 Å². The Labute approximate surface area is 83.3 Å². The molecule has 2 unspecified atom stereocenters. The molecule has 72 valence electrons. The summed E-state index contributed by atoms with van der Waals surface area (Å²) in [4.78, 5) is 13.9. The Morgan fingerprint density at radius 3 is 2.77 bits per heavy atom. The monoisotopic (exact) mass is 198 g/mol. The molecule has 1 saturated carbocycles. The summed E-state index contributed by atoms with van der Waals surface area (Å²) >= 11 is 4.72. The number of nitrogens with zero attached hydrogens (tertiary/aromatic N) is 1. The Morgan fingerprint density at radius 2 is 2.31 bits per heavy atom. The van der Waals surface area contributed by atoms with E-state index in [9.17, 15) is 4.79 Å². The van der Waals surface area contributed by atoms with E-state index in [0.29, 0.717) is 11.0 Å². The summed E-state index contributed by atoms with van der Waals surface area (Å²) in [5.74, 6) is 0.875. The number of hydrogen-bond donors (Lipinski definition) is 1. The predicted molar refractivity (Wildman–Crippen MR) is 54.2 cm³/mol. The molecule has 2 bridgehead atoms. The number of carbonyl (C=O) groups excluding carboxylic acids is 1. The average molecular weight is 198 g/mol. The largest absolute Gasteiger partial charge is 0.393 e. The van der Waals surface area contributed by atoms with Crippen LogP contribution in [0.15, 0.2) is 0 Å². The van der Waals surface area contributed by atoms with E-state index in [0.717, 1.165) is 12.5 Å². The van der Waals surface area contributed by atoms with Gasteiger partial charge in [0.15, 0.2) is 0 Å². The second kappa shape index (κ2) is 3.25. The van der Waals surface area contributed by atoms with Gasteiger partial charge in [0.25, 0.3) is 0 Å². The summed E-state index contributed by atoms with van der Waals surface area (Å²) in [6.07, 6.45) is 3.91. The van der Waals surface area contributed by atoms with Crippen molar-refractivity contribution in [3.05, 3.63) is 0 Å². The Balaban J connectivity index is 1.95. The molecule has 4 heteroatoms. The molecule has 2 N–H and O–H groups in total. The molecule has 2 atom stereocenters. The van der Waals surface area contributed by atoms with E-state index in [1.807, 2.05) is 4.90 Å². The maximum atomic E-state index is 11.6. The van der Waals surface area contributed by atoms with Gasteiger partial charge < -0.3 is 10.6 Å². The van der Waals surface area contributed by atoms with E-state index >= 15 is 0 Å². The fourth-order valence-corrected chi connectivity index (χ4v) is 2.60. The molecular weight excluding hydrogens is 184 g/mol. The summed E-state index contributed by atoms with van der Waals surface area (Å²) in [6, 6.07) is 0.492. The van der Waals surface area contributed by atoms with Crippen LogP contribution in [0.1, 0.15) is 25.7 Å². The number of carbonyl (C=O) groups is 1. The molecule has 2 rings (SSSR count). The molecule has 0 radical (unpaired) electrons. The van der Waals surface area contributed by atoms with E-state index < -0.39 is 0 Å². The van der Waals surface area contributed by atoms with Gasteiger partial charge in [0.2, 0.25) is 5.91 Å². The standard InChI is InChI=1S/C9H14N2OS/c10-8(13)4-9(12)11-5-6-1-2-7(11)3-6/h6-7H,1-5H2,(H2,10,13). The Bertz CT molecular complexity index is 254. The lowest BCUT2D eigenvalue weighted by atomic mass is 10.1. The highest BCUT2D eigenvalue weighted by atomic mass is 32.1.